The summed E-state index contributed by atoms with van der Waals surface area (Å²) in [5.41, 5.74) is 1.38. The Morgan fingerprint density at radius 3 is 2.63 bits per heavy atom. The number of amides is 3. The first-order valence-electron chi connectivity index (χ1n) is 11.1. The van der Waals surface area contributed by atoms with Crippen LogP contribution in [0.15, 0.2) is 24.3 Å². The number of benzene rings is 1. The third kappa shape index (κ3) is 6.13. The maximum absolute atomic E-state index is 13.1. The van der Waals surface area contributed by atoms with Crippen molar-refractivity contribution in [2.45, 2.75) is 39.3 Å². The number of anilines is 1. The van der Waals surface area contributed by atoms with Crippen molar-refractivity contribution in [3.63, 3.8) is 0 Å². The summed E-state index contributed by atoms with van der Waals surface area (Å²) in [5, 5.41) is 4.19. The van der Waals surface area contributed by atoms with Crippen molar-refractivity contribution in [1.29, 1.82) is 0 Å². The number of nitrogens with one attached hydrogen (secondary N) is 2. The molecule has 2 N–H and O–H groups in total. The van der Waals surface area contributed by atoms with Gasteiger partial charge in [-0.15, -0.1) is 0 Å². The highest BCUT2D eigenvalue weighted by molar-refractivity contribution is 6.35. The Kier molecular flexibility index (Phi) is 7.74. The topological polar surface area (TPSA) is 113 Å². The Labute approximate surface area is 209 Å². The largest absolute Gasteiger partial charge is 0.444 e. The molecule has 2 heterocycles. The third-order valence-electron chi connectivity index (χ3n) is 5.35. The van der Waals surface area contributed by atoms with E-state index in [4.69, 9.17) is 16.3 Å². The zero-order valence-electron chi connectivity index (χ0n) is 20.8. The molecule has 35 heavy (non-hydrogen) atoms. The van der Waals surface area contributed by atoms with Gasteiger partial charge >= 0.3 is 12.1 Å². The van der Waals surface area contributed by atoms with Crippen molar-refractivity contribution in [1.82, 2.24) is 24.8 Å². The average Bonchev–Trinajstić information content (AvgIpc) is 3.32. The fourth-order valence-electron chi connectivity index (χ4n) is 3.67. The lowest BCUT2D eigenvalue weighted by Gasteiger charge is -2.23. The van der Waals surface area contributed by atoms with Gasteiger partial charge < -0.3 is 24.5 Å². The Morgan fingerprint density at radius 1 is 1.29 bits per heavy atom. The molecule has 188 valence electrons. The van der Waals surface area contributed by atoms with Gasteiger partial charge in [0.05, 0.1) is 6.54 Å². The summed E-state index contributed by atoms with van der Waals surface area (Å²) in [6.45, 7) is 5.92. The van der Waals surface area contributed by atoms with E-state index in [2.05, 4.69) is 15.3 Å². The Morgan fingerprint density at radius 2 is 2.00 bits per heavy atom. The first kappa shape index (κ1) is 26.1. The van der Waals surface area contributed by atoms with E-state index in [0.717, 1.165) is 16.6 Å². The Hall–Kier alpha value is -3.53. The maximum atomic E-state index is 13.1. The molecule has 0 aliphatic rings. The van der Waals surface area contributed by atoms with E-state index in [1.165, 1.54) is 9.80 Å². The minimum atomic E-state index is -0.598. The maximum Gasteiger partial charge on any atom is 0.407 e. The van der Waals surface area contributed by atoms with Gasteiger partial charge in [-0.25, -0.2) is 14.6 Å². The summed E-state index contributed by atoms with van der Waals surface area (Å²) < 4.78 is 6.84. The second kappa shape index (κ2) is 10.4. The number of rotatable bonds is 7. The first-order valence-corrected chi connectivity index (χ1v) is 11.5. The number of aldehydes is 1. The van der Waals surface area contributed by atoms with E-state index in [0.29, 0.717) is 30.1 Å². The molecule has 0 aliphatic carbocycles. The minimum absolute atomic E-state index is 0.242. The highest BCUT2D eigenvalue weighted by Gasteiger charge is 2.24. The summed E-state index contributed by atoms with van der Waals surface area (Å²) in [6, 6.07) is 7.16. The van der Waals surface area contributed by atoms with Crippen molar-refractivity contribution >= 4 is 46.7 Å². The van der Waals surface area contributed by atoms with Crippen LogP contribution in [0.1, 0.15) is 42.8 Å². The lowest BCUT2D eigenvalue weighted by Crippen LogP contribution is -2.39. The van der Waals surface area contributed by atoms with Crippen LogP contribution in [0.3, 0.4) is 0 Å². The van der Waals surface area contributed by atoms with E-state index in [9.17, 15) is 14.4 Å². The number of nitrogens with zero attached hydrogens (tertiary/aromatic N) is 4. The third-order valence-corrected chi connectivity index (χ3v) is 5.68. The van der Waals surface area contributed by atoms with Gasteiger partial charge in [-0.2, -0.15) is 0 Å². The second-order valence-corrected chi connectivity index (χ2v) is 9.69. The van der Waals surface area contributed by atoms with Gasteiger partial charge in [0.2, 0.25) is 0 Å². The molecule has 0 aliphatic heterocycles. The SMILES string of the molecule is CN(Cc1cc2c(Cl)cccc2[nH]1)C(=O)N(C)c1nc(CCNC(=O)OC(C)(C)C)n(C)c1C=O. The predicted molar refractivity (Wildman–Crippen MR) is 135 cm³/mol. The highest BCUT2D eigenvalue weighted by atomic mass is 35.5. The molecule has 11 heteroatoms. The summed E-state index contributed by atoms with van der Waals surface area (Å²) in [6.07, 6.45) is 0.482. The van der Waals surface area contributed by atoms with Crippen molar-refractivity contribution in [3.05, 3.63) is 46.5 Å². The predicted octanol–water partition coefficient (Wildman–Crippen LogP) is 4.12. The van der Waals surface area contributed by atoms with Crippen molar-refractivity contribution in [3.8, 4) is 0 Å². The van der Waals surface area contributed by atoms with Crippen LogP contribution in [0.4, 0.5) is 15.4 Å². The molecule has 3 aromatic rings. The molecule has 0 spiro atoms. The van der Waals surface area contributed by atoms with Gasteiger partial charge in [-0.3, -0.25) is 9.69 Å². The Balaban J connectivity index is 1.69. The number of alkyl carbamates (subject to hydrolysis) is 1. The molecule has 0 bridgehead atoms. The fourth-order valence-corrected chi connectivity index (χ4v) is 3.90. The van der Waals surface area contributed by atoms with Crippen LogP contribution in [-0.2, 0) is 24.8 Å². The van der Waals surface area contributed by atoms with Gasteiger partial charge in [0.15, 0.2) is 12.1 Å². The molecule has 0 saturated heterocycles. The molecule has 0 fully saturated rings. The summed E-state index contributed by atoms with van der Waals surface area (Å²) in [5.74, 6) is 0.789. The normalized spacial score (nSPS) is 11.4. The number of aromatic amines is 1. The van der Waals surface area contributed by atoms with Crippen LogP contribution in [-0.4, -0.2) is 64.1 Å². The number of ether oxygens (including phenoxy) is 1. The molecule has 0 saturated carbocycles. The standard InChI is InChI=1S/C24H31ClN6O4/c1-24(2,3)35-22(33)26-11-10-20-28-21(19(14-32)30(20)5)31(6)23(34)29(4)13-15-12-16-17(25)8-7-9-18(16)27-15/h7-9,12,14,27H,10-11,13H2,1-6H3,(H,26,33). The molecule has 3 amide bonds. The van der Waals surface area contributed by atoms with Crippen LogP contribution in [0, 0.1) is 0 Å². The number of urea groups is 1. The van der Waals surface area contributed by atoms with Gasteiger partial charge in [0, 0.05) is 55.7 Å². The molecule has 0 unspecified atom stereocenters. The number of halogens is 1. The van der Waals surface area contributed by atoms with Crippen LogP contribution in [0.2, 0.25) is 5.02 Å². The Bertz CT molecular complexity index is 1240. The quantitative estimate of drug-likeness (QED) is 0.472. The van der Waals surface area contributed by atoms with Gasteiger partial charge in [-0.1, -0.05) is 17.7 Å². The van der Waals surface area contributed by atoms with E-state index >= 15 is 0 Å². The number of aromatic nitrogens is 3. The number of hydrogen-bond donors (Lipinski definition) is 2. The van der Waals surface area contributed by atoms with Crippen LogP contribution in [0.5, 0.6) is 0 Å². The summed E-state index contributed by atoms with van der Waals surface area (Å²) >= 11 is 6.25. The lowest BCUT2D eigenvalue weighted by atomic mass is 10.2. The lowest BCUT2D eigenvalue weighted by molar-refractivity contribution is 0.0528. The highest BCUT2D eigenvalue weighted by Crippen LogP contribution is 2.25. The van der Waals surface area contributed by atoms with Gasteiger partial charge in [-0.05, 0) is 39.0 Å². The molecule has 2 aromatic heterocycles. The number of H-pyrrole nitrogens is 1. The number of carbonyl (C=O) groups is 3. The molecular weight excluding hydrogens is 472 g/mol. The monoisotopic (exact) mass is 502 g/mol. The van der Waals surface area contributed by atoms with Crippen LogP contribution < -0.4 is 10.2 Å². The fraction of sp³-hybridized carbons (Fsp3) is 0.417. The molecule has 0 radical (unpaired) electrons. The van der Waals surface area contributed by atoms with E-state index in [1.54, 1.807) is 46.5 Å². The number of fused-ring (bicyclic) bond motifs is 1. The summed E-state index contributed by atoms with van der Waals surface area (Å²) in [4.78, 5) is 47.4. The molecule has 0 atom stereocenters. The average molecular weight is 503 g/mol. The second-order valence-electron chi connectivity index (χ2n) is 9.29. The van der Waals surface area contributed by atoms with Crippen molar-refractivity contribution < 1.29 is 19.1 Å². The minimum Gasteiger partial charge on any atom is -0.444 e. The van der Waals surface area contributed by atoms with E-state index in [1.807, 2.05) is 24.3 Å². The van der Waals surface area contributed by atoms with E-state index in [-0.39, 0.29) is 24.1 Å². The van der Waals surface area contributed by atoms with Crippen LogP contribution in [0.25, 0.3) is 10.9 Å². The zero-order valence-corrected chi connectivity index (χ0v) is 21.6. The van der Waals surface area contributed by atoms with E-state index < -0.39 is 11.7 Å². The number of hydrogen-bond acceptors (Lipinski definition) is 5. The molecule has 10 nitrogen and oxygen atoms in total. The number of carbonyl (C=O) groups excluding carboxylic acids is 3. The van der Waals surface area contributed by atoms with Crippen molar-refractivity contribution in [2.24, 2.45) is 7.05 Å². The first-order chi connectivity index (χ1) is 16.4. The summed E-state index contributed by atoms with van der Waals surface area (Å²) in [7, 11) is 4.93. The zero-order chi connectivity index (χ0) is 25.9. The smallest absolute Gasteiger partial charge is 0.407 e. The van der Waals surface area contributed by atoms with Crippen LogP contribution >= 0.6 is 11.6 Å². The molecule has 3 rings (SSSR count). The molecule has 1 aromatic carbocycles. The van der Waals surface area contributed by atoms with Crippen molar-refractivity contribution in [2.75, 3.05) is 25.5 Å². The van der Waals surface area contributed by atoms with Gasteiger partial charge in [0.25, 0.3) is 0 Å². The van der Waals surface area contributed by atoms with Gasteiger partial charge in [0.1, 0.15) is 17.1 Å². The number of imidazole rings is 1. The molecular formula is C24H31ClN6O4.